The van der Waals surface area contributed by atoms with Crippen LogP contribution in [0.15, 0.2) is 41.4 Å². The molecule has 0 aliphatic carbocycles. The zero-order valence-electron chi connectivity index (χ0n) is 17.7. The largest absolute Gasteiger partial charge is 0.488 e. The predicted octanol–water partition coefficient (Wildman–Crippen LogP) is 3.67. The molecule has 1 aliphatic heterocycles. The molecular weight excluding hydrogens is 440 g/mol. The van der Waals surface area contributed by atoms with E-state index in [1.165, 1.54) is 22.9 Å². The quantitative estimate of drug-likeness (QED) is 0.521. The van der Waals surface area contributed by atoms with Crippen LogP contribution in [0, 0.1) is 11.6 Å². The smallest absolute Gasteiger partial charge is 0.175 e. The lowest BCUT2D eigenvalue weighted by Gasteiger charge is -2.24. The van der Waals surface area contributed by atoms with Crippen molar-refractivity contribution in [2.24, 2.45) is 0 Å². The number of hydrogen-bond acceptors (Lipinski definition) is 6. The zero-order valence-corrected chi connectivity index (χ0v) is 18.5. The molecule has 10 heteroatoms. The summed E-state index contributed by atoms with van der Waals surface area (Å²) in [6.07, 6.45) is 3.13. The van der Waals surface area contributed by atoms with E-state index in [4.69, 9.17) is 4.74 Å². The maximum Gasteiger partial charge on any atom is 0.175 e. The lowest BCUT2D eigenvalue weighted by molar-refractivity contribution is 0.111. The molecule has 0 saturated heterocycles. The van der Waals surface area contributed by atoms with E-state index in [-0.39, 0.29) is 16.6 Å². The van der Waals surface area contributed by atoms with Gasteiger partial charge in [0, 0.05) is 30.6 Å². The first kappa shape index (κ1) is 21.9. The Morgan fingerprint density at radius 3 is 2.47 bits per heavy atom. The molecule has 0 radical (unpaired) electrons. The van der Waals surface area contributed by atoms with Gasteiger partial charge in [0.15, 0.2) is 33.5 Å². The van der Waals surface area contributed by atoms with Gasteiger partial charge in [-0.1, -0.05) is 0 Å². The van der Waals surface area contributed by atoms with Gasteiger partial charge in [-0.3, -0.25) is 4.79 Å². The number of hydrogen-bond donors (Lipinski definition) is 0. The molecule has 0 bridgehead atoms. The van der Waals surface area contributed by atoms with E-state index in [0.29, 0.717) is 42.2 Å². The Kier molecular flexibility index (Phi) is 5.49. The topological polar surface area (TPSA) is 81.5 Å². The normalized spacial score (nSPS) is 13.5. The number of nitrogens with zero attached hydrogens (tertiary/aromatic N) is 3. The number of halogens is 2. The second kappa shape index (κ2) is 8.01. The summed E-state index contributed by atoms with van der Waals surface area (Å²) in [6, 6.07) is 6.34. The number of anilines is 1. The lowest BCUT2D eigenvalue weighted by Crippen LogP contribution is -2.20. The minimum atomic E-state index is -3.56. The maximum atomic E-state index is 13.6. The van der Waals surface area contributed by atoms with Crippen molar-refractivity contribution in [3.8, 4) is 11.4 Å². The highest BCUT2D eigenvalue weighted by Crippen LogP contribution is 2.39. The van der Waals surface area contributed by atoms with Gasteiger partial charge in [-0.2, -0.15) is 5.10 Å². The monoisotopic (exact) mass is 461 g/mol. The van der Waals surface area contributed by atoms with Crippen molar-refractivity contribution in [1.82, 2.24) is 9.78 Å². The minimum absolute atomic E-state index is 0.0158. The summed E-state index contributed by atoms with van der Waals surface area (Å²) in [5, 5.41) is 4.47. The van der Waals surface area contributed by atoms with Gasteiger partial charge in [0.05, 0.1) is 40.2 Å². The van der Waals surface area contributed by atoms with Gasteiger partial charge < -0.3 is 9.64 Å². The summed E-state index contributed by atoms with van der Waals surface area (Å²) in [5.74, 6) is -1.59. The van der Waals surface area contributed by atoms with E-state index in [9.17, 15) is 22.0 Å². The van der Waals surface area contributed by atoms with Crippen molar-refractivity contribution in [1.29, 1.82) is 0 Å². The van der Waals surface area contributed by atoms with E-state index in [0.717, 1.165) is 24.0 Å². The fourth-order valence-electron chi connectivity index (χ4n) is 3.59. The number of ether oxygens (including phenoxy) is 1. The van der Waals surface area contributed by atoms with Crippen molar-refractivity contribution < 1.29 is 26.7 Å². The number of carbonyl (C=O) groups is 1. The molecule has 2 aromatic carbocycles. The third-order valence-electron chi connectivity index (χ3n) is 5.07. The van der Waals surface area contributed by atoms with Crippen LogP contribution in [0.3, 0.4) is 0 Å². The molecule has 32 heavy (non-hydrogen) atoms. The van der Waals surface area contributed by atoms with E-state index in [2.05, 4.69) is 5.10 Å². The number of carbonyl (C=O) groups excluding carboxylic acids is 1. The molecule has 0 spiro atoms. The van der Waals surface area contributed by atoms with Crippen LogP contribution in [0.4, 0.5) is 14.5 Å². The van der Waals surface area contributed by atoms with Crippen LogP contribution in [0.1, 0.15) is 35.5 Å². The summed E-state index contributed by atoms with van der Waals surface area (Å²) in [7, 11) is -3.56. The van der Waals surface area contributed by atoms with E-state index < -0.39 is 21.5 Å². The number of rotatable bonds is 6. The maximum absolute atomic E-state index is 13.6. The predicted molar refractivity (Wildman–Crippen MR) is 114 cm³/mol. The average molecular weight is 461 g/mol. The molecule has 1 aliphatic rings. The van der Waals surface area contributed by atoms with Crippen LogP contribution in [0.25, 0.3) is 5.69 Å². The molecule has 0 amide bonds. The highest BCUT2D eigenvalue weighted by molar-refractivity contribution is 7.90. The Labute approximate surface area is 184 Å². The van der Waals surface area contributed by atoms with Crippen LogP contribution in [0.2, 0.25) is 0 Å². The second-order valence-corrected chi connectivity index (χ2v) is 9.93. The highest BCUT2D eigenvalue weighted by Gasteiger charge is 2.28. The fourth-order valence-corrected chi connectivity index (χ4v) is 4.26. The van der Waals surface area contributed by atoms with Gasteiger partial charge in [-0.25, -0.2) is 21.9 Å². The summed E-state index contributed by atoms with van der Waals surface area (Å²) in [5.41, 5.74) is 2.54. The zero-order chi connectivity index (χ0) is 23.2. The number of aromatic nitrogens is 2. The Morgan fingerprint density at radius 1 is 1.12 bits per heavy atom. The third kappa shape index (κ3) is 4.10. The molecule has 0 atom stereocenters. The van der Waals surface area contributed by atoms with Gasteiger partial charge >= 0.3 is 0 Å². The van der Waals surface area contributed by atoms with Crippen LogP contribution >= 0.6 is 0 Å². The highest BCUT2D eigenvalue weighted by atomic mass is 32.2. The van der Waals surface area contributed by atoms with E-state index in [1.54, 1.807) is 6.20 Å². The molecule has 0 fully saturated rings. The molecule has 168 valence electrons. The molecule has 1 aromatic heterocycles. The first-order chi connectivity index (χ1) is 15.1. The van der Waals surface area contributed by atoms with Gasteiger partial charge in [0.25, 0.3) is 0 Å². The lowest BCUT2D eigenvalue weighted by atomic mass is 10.1. The number of fused-ring (bicyclic) bond motifs is 1. The standard InChI is InChI=1S/C22H21F2N3O4S/c1-13(2)31-22-14(12-28)6-17(32(3,29)30)8-21(22)26-9-15-10-27(25-20(15)11-26)16-4-5-18(23)19(24)7-16/h4-8,10,12-13H,9,11H2,1-3H3. The van der Waals surface area contributed by atoms with E-state index in [1.807, 2.05) is 18.7 Å². The van der Waals surface area contributed by atoms with Gasteiger partial charge in [-0.15, -0.1) is 0 Å². The first-order valence-electron chi connectivity index (χ1n) is 9.84. The van der Waals surface area contributed by atoms with Gasteiger partial charge in [0.1, 0.15) is 0 Å². The minimum Gasteiger partial charge on any atom is -0.488 e. The van der Waals surface area contributed by atoms with Crippen LogP contribution in [-0.2, 0) is 22.9 Å². The SMILES string of the molecule is CC(C)Oc1c(C=O)cc(S(C)(=O)=O)cc1N1Cc2cn(-c3ccc(F)c(F)c3)nc2C1. The number of benzene rings is 2. The Morgan fingerprint density at radius 2 is 1.88 bits per heavy atom. The first-order valence-corrected chi connectivity index (χ1v) is 11.7. The van der Waals surface area contributed by atoms with Crippen molar-refractivity contribution in [3.05, 3.63) is 65.0 Å². The van der Waals surface area contributed by atoms with Crippen molar-refractivity contribution >= 4 is 21.8 Å². The number of sulfone groups is 1. The Bertz CT molecular complexity index is 1300. The molecule has 0 N–H and O–H groups in total. The molecule has 7 nitrogen and oxygen atoms in total. The molecule has 4 rings (SSSR count). The van der Waals surface area contributed by atoms with Crippen LogP contribution in [-0.4, -0.2) is 36.8 Å². The molecule has 3 aromatic rings. The summed E-state index contributed by atoms with van der Waals surface area (Å²) in [4.78, 5) is 13.6. The van der Waals surface area contributed by atoms with Crippen molar-refractivity contribution in [2.75, 3.05) is 11.2 Å². The molecule has 2 heterocycles. The Hall–Kier alpha value is -3.27. The van der Waals surface area contributed by atoms with Crippen LogP contribution < -0.4 is 9.64 Å². The van der Waals surface area contributed by atoms with Gasteiger partial charge in [-0.05, 0) is 38.1 Å². The van der Waals surface area contributed by atoms with E-state index >= 15 is 0 Å². The van der Waals surface area contributed by atoms with Crippen LogP contribution in [0.5, 0.6) is 5.75 Å². The molecule has 0 saturated carbocycles. The number of aldehydes is 1. The average Bonchev–Trinajstić information content (AvgIpc) is 3.28. The molecular formula is C22H21F2N3O4S. The third-order valence-corrected chi connectivity index (χ3v) is 6.16. The Balaban J connectivity index is 1.72. The fraction of sp³-hybridized carbons (Fsp3) is 0.273. The molecule has 0 unspecified atom stereocenters. The summed E-state index contributed by atoms with van der Waals surface area (Å²) in [6.45, 7) is 4.33. The summed E-state index contributed by atoms with van der Waals surface area (Å²) >= 11 is 0. The second-order valence-electron chi connectivity index (χ2n) is 7.92. The summed E-state index contributed by atoms with van der Waals surface area (Å²) < 4.78 is 58.5. The van der Waals surface area contributed by atoms with Crippen molar-refractivity contribution in [3.63, 3.8) is 0 Å². The van der Waals surface area contributed by atoms with Gasteiger partial charge in [0.2, 0.25) is 0 Å². The van der Waals surface area contributed by atoms with Crippen molar-refractivity contribution in [2.45, 2.75) is 37.9 Å².